The molecular weight excluding hydrogens is 727 g/mol. The number of rotatable bonds is 13. The van der Waals surface area contributed by atoms with Gasteiger partial charge in [-0.1, -0.05) is 160 Å². The van der Waals surface area contributed by atoms with Crippen LogP contribution < -0.4 is 0 Å². The number of aromatic nitrogens is 7. The summed E-state index contributed by atoms with van der Waals surface area (Å²) >= 11 is 0. The summed E-state index contributed by atoms with van der Waals surface area (Å²) in [6.07, 6.45) is 3.57. The monoisotopic (exact) mass is 773 g/mol. The summed E-state index contributed by atoms with van der Waals surface area (Å²) in [7, 11) is 0. The van der Waals surface area contributed by atoms with Crippen LogP contribution in [-0.4, -0.2) is 34.7 Å². The summed E-state index contributed by atoms with van der Waals surface area (Å²) in [5.41, 5.74) is 11.7. The molecule has 3 heterocycles. The maximum atomic E-state index is 6.28. The molecule has 0 bridgehead atoms. The summed E-state index contributed by atoms with van der Waals surface area (Å²) in [6, 6.07) is 52.8. The summed E-state index contributed by atoms with van der Waals surface area (Å²) in [6.45, 7) is 9.28. The number of hydrogen-bond donors (Lipinski definition) is 0. The van der Waals surface area contributed by atoms with Gasteiger partial charge in [-0.15, -0.1) is 15.0 Å². The Kier molecular flexibility index (Phi) is 10.3. The molecule has 0 aliphatic heterocycles. The van der Waals surface area contributed by atoms with Gasteiger partial charge >= 0.3 is 0 Å². The quantitative estimate of drug-likeness (QED) is 0.108. The molecule has 59 heavy (non-hydrogen) atoms. The van der Waals surface area contributed by atoms with Crippen LogP contribution in [0.4, 0.5) is 0 Å². The molecule has 6 aromatic carbocycles. The van der Waals surface area contributed by atoms with E-state index in [1.54, 1.807) is 4.80 Å². The van der Waals surface area contributed by atoms with Crippen LogP contribution in [0.1, 0.15) is 72.3 Å². The van der Waals surface area contributed by atoms with Crippen molar-refractivity contribution in [2.24, 2.45) is 0 Å². The van der Waals surface area contributed by atoms with Crippen LogP contribution in [0, 0.1) is 6.92 Å². The Labute approximate surface area is 345 Å². The fourth-order valence-electron chi connectivity index (χ4n) is 8.47. The number of benzene rings is 6. The van der Waals surface area contributed by atoms with Crippen molar-refractivity contribution in [3.63, 3.8) is 0 Å². The van der Waals surface area contributed by atoms with Crippen molar-refractivity contribution in [3.05, 3.63) is 197 Å². The first kappa shape index (κ1) is 37.6. The molecule has 0 aliphatic rings. The second-order valence-corrected chi connectivity index (χ2v) is 15.1. The van der Waals surface area contributed by atoms with Gasteiger partial charge in [0, 0.05) is 30.5 Å². The zero-order valence-corrected chi connectivity index (χ0v) is 34.0. The Morgan fingerprint density at radius 2 is 1.24 bits per heavy atom. The molecule has 0 atom stereocenters. The molecule has 0 saturated carbocycles. The summed E-state index contributed by atoms with van der Waals surface area (Å²) in [5, 5.41) is 14.8. The van der Waals surface area contributed by atoms with Crippen molar-refractivity contribution in [3.8, 4) is 34.0 Å². The highest BCUT2D eigenvalue weighted by Gasteiger charge is 2.41. The standard InChI is InChI=1S/C51H47N7O/c1-5-19-47-53-48-35(4)32-38(50-52-44(6-2)46(7-3)59-50)33-45(48)57(47)34-36-28-30-37(31-29-36)42-26-17-18-27-43(42)49-54-56-58(55-49)51(39-20-11-8-12-21-39,40-22-13-9-14-23-40)41-24-15-10-16-25-41/h8-18,20-33H,5-7,19,34H2,1-4H3. The van der Waals surface area contributed by atoms with Crippen molar-refractivity contribution in [2.75, 3.05) is 0 Å². The normalized spacial score (nSPS) is 11.7. The number of hydrogen-bond acceptors (Lipinski definition) is 6. The molecule has 8 heteroatoms. The Balaban J connectivity index is 1.08. The van der Waals surface area contributed by atoms with E-state index in [1.807, 2.05) is 24.3 Å². The highest BCUT2D eigenvalue weighted by atomic mass is 16.4. The van der Waals surface area contributed by atoms with Crippen molar-refractivity contribution < 1.29 is 4.42 Å². The number of nitrogens with zero attached hydrogens (tertiary/aromatic N) is 7. The van der Waals surface area contributed by atoms with E-state index >= 15 is 0 Å². The van der Waals surface area contributed by atoms with E-state index in [0.717, 1.165) is 98.5 Å². The van der Waals surface area contributed by atoms with Crippen molar-refractivity contribution in [1.82, 2.24) is 34.7 Å². The van der Waals surface area contributed by atoms with E-state index in [9.17, 15) is 0 Å². The smallest absolute Gasteiger partial charge is 0.226 e. The van der Waals surface area contributed by atoms with Crippen LogP contribution in [-0.2, 0) is 31.3 Å². The van der Waals surface area contributed by atoms with E-state index in [2.05, 4.69) is 160 Å². The molecule has 0 N–H and O–H groups in total. The minimum atomic E-state index is -0.857. The van der Waals surface area contributed by atoms with Gasteiger partial charge in [0.25, 0.3) is 0 Å². The molecule has 0 aliphatic carbocycles. The third-order valence-electron chi connectivity index (χ3n) is 11.3. The molecule has 9 aromatic rings. The number of aryl methyl sites for hydroxylation is 4. The number of fused-ring (bicyclic) bond motifs is 1. The minimum Gasteiger partial charge on any atom is -0.441 e. The van der Waals surface area contributed by atoms with Crippen LogP contribution >= 0.6 is 0 Å². The van der Waals surface area contributed by atoms with Crippen LogP contribution in [0.15, 0.2) is 156 Å². The topological polar surface area (TPSA) is 87.5 Å². The molecule has 292 valence electrons. The minimum absolute atomic E-state index is 0.556. The molecule has 0 unspecified atom stereocenters. The van der Waals surface area contributed by atoms with Crippen LogP contribution in [0.25, 0.3) is 45.0 Å². The first-order valence-electron chi connectivity index (χ1n) is 20.7. The highest BCUT2D eigenvalue weighted by Crippen LogP contribution is 2.40. The molecule has 9 rings (SSSR count). The van der Waals surface area contributed by atoms with Gasteiger partial charge in [0.15, 0.2) is 5.54 Å². The number of imidazole rings is 1. The Bertz CT molecular complexity index is 2720. The second-order valence-electron chi connectivity index (χ2n) is 15.1. The van der Waals surface area contributed by atoms with Crippen LogP contribution in [0.3, 0.4) is 0 Å². The average molecular weight is 774 g/mol. The van der Waals surface area contributed by atoms with Gasteiger partial charge < -0.3 is 8.98 Å². The SMILES string of the molecule is CCCc1nc2c(C)cc(-c3nc(CC)c(CC)o3)cc2n1Cc1ccc(-c2ccccc2-c2nnn(C(c3ccccc3)(c3ccccc3)c3ccccc3)n2)cc1. The predicted octanol–water partition coefficient (Wildman–Crippen LogP) is 11.3. The zero-order valence-electron chi connectivity index (χ0n) is 34.0. The maximum absolute atomic E-state index is 6.28. The second kappa shape index (κ2) is 16.1. The van der Waals surface area contributed by atoms with Gasteiger partial charge in [-0.3, -0.25) is 0 Å². The number of oxazole rings is 1. The van der Waals surface area contributed by atoms with Gasteiger partial charge in [-0.05, 0) is 76.1 Å². The first-order valence-corrected chi connectivity index (χ1v) is 20.7. The van der Waals surface area contributed by atoms with Gasteiger partial charge in [-0.2, -0.15) is 0 Å². The van der Waals surface area contributed by atoms with Gasteiger partial charge in [0.05, 0.1) is 16.7 Å². The number of tetrazole rings is 1. The summed E-state index contributed by atoms with van der Waals surface area (Å²) in [4.78, 5) is 11.8. The fourth-order valence-corrected chi connectivity index (χ4v) is 8.47. The molecule has 0 fully saturated rings. The molecule has 8 nitrogen and oxygen atoms in total. The first-order chi connectivity index (χ1) is 29.0. The van der Waals surface area contributed by atoms with E-state index in [4.69, 9.17) is 29.8 Å². The van der Waals surface area contributed by atoms with Crippen molar-refractivity contribution in [1.29, 1.82) is 0 Å². The largest absolute Gasteiger partial charge is 0.441 e. The van der Waals surface area contributed by atoms with Gasteiger partial charge in [0.1, 0.15) is 11.6 Å². The lowest BCUT2D eigenvalue weighted by Crippen LogP contribution is -2.39. The van der Waals surface area contributed by atoms with E-state index in [0.29, 0.717) is 18.3 Å². The third kappa shape index (κ3) is 6.84. The van der Waals surface area contributed by atoms with Gasteiger partial charge in [-0.25, -0.2) is 9.97 Å². The molecule has 0 saturated heterocycles. The summed E-state index contributed by atoms with van der Waals surface area (Å²) in [5.74, 6) is 3.28. The Morgan fingerprint density at radius 1 is 0.627 bits per heavy atom. The maximum Gasteiger partial charge on any atom is 0.226 e. The molecule has 0 radical (unpaired) electrons. The molecular formula is C51H47N7O. The van der Waals surface area contributed by atoms with E-state index < -0.39 is 5.54 Å². The lowest BCUT2D eigenvalue weighted by atomic mass is 9.77. The van der Waals surface area contributed by atoms with Crippen molar-refractivity contribution in [2.45, 2.75) is 65.5 Å². The van der Waals surface area contributed by atoms with E-state index in [1.165, 1.54) is 5.56 Å². The lowest BCUT2D eigenvalue weighted by molar-refractivity contribution is 0.396. The molecule has 0 amide bonds. The Morgan fingerprint density at radius 3 is 1.81 bits per heavy atom. The Hall–Kier alpha value is -6.93. The van der Waals surface area contributed by atoms with Crippen LogP contribution in [0.5, 0.6) is 0 Å². The predicted molar refractivity (Wildman–Crippen MR) is 235 cm³/mol. The zero-order chi connectivity index (χ0) is 40.3. The highest BCUT2D eigenvalue weighted by molar-refractivity contribution is 5.85. The summed E-state index contributed by atoms with van der Waals surface area (Å²) < 4.78 is 8.64. The van der Waals surface area contributed by atoms with Crippen LogP contribution in [0.2, 0.25) is 0 Å². The van der Waals surface area contributed by atoms with Crippen molar-refractivity contribution >= 4 is 11.0 Å². The molecule has 0 spiro atoms. The fraction of sp³-hybridized carbons (Fsp3) is 0.196. The lowest BCUT2D eigenvalue weighted by Gasteiger charge is -2.34. The van der Waals surface area contributed by atoms with Gasteiger partial charge in [0.2, 0.25) is 11.7 Å². The third-order valence-corrected chi connectivity index (χ3v) is 11.3. The average Bonchev–Trinajstić information content (AvgIpc) is 4.04. The molecule has 3 aromatic heterocycles. The van der Waals surface area contributed by atoms with E-state index in [-0.39, 0.29) is 0 Å².